The number of carbonyl (C=O) groups is 2. The Morgan fingerprint density at radius 3 is 1.17 bits per heavy atom. The van der Waals surface area contributed by atoms with Crippen molar-refractivity contribution < 1.29 is 45.4 Å². The summed E-state index contributed by atoms with van der Waals surface area (Å²) in [6, 6.07) is 0.546. The molecule has 0 radical (unpaired) electrons. The summed E-state index contributed by atoms with van der Waals surface area (Å²) >= 11 is 0. The highest BCUT2D eigenvalue weighted by Crippen LogP contribution is 2.25. The lowest BCUT2D eigenvalue weighted by Crippen LogP contribution is -2.36. The number of methoxy groups -OCH3 is 4. The van der Waals surface area contributed by atoms with Gasteiger partial charge in [0.2, 0.25) is 47.1 Å². The molecule has 6 aromatic heterocycles. The number of hydrogen-bond donors (Lipinski definition) is 4. The van der Waals surface area contributed by atoms with Gasteiger partial charge in [0.25, 0.3) is 20.0 Å². The van der Waals surface area contributed by atoms with Crippen LogP contribution in [0.15, 0.2) is 34.6 Å². The molecule has 6 aromatic rings. The second kappa shape index (κ2) is 17.0. The maximum Gasteiger partial charge on any atom is 0.335 e. The van der Waals surface area contributed by atoms with Crippen LogP contribution in [0.25, 0.3) is 22.8 Å². The Labute approximate surface area is 326 Å². The molecular weight excluding hydrogens is 817 g/mol. The maximum atomic E-state index is 12.8. The second-order valence-corrected chi connectivity index (χ2v) is 14.0. The normalized spacial score (nSPS) is 11.2. The highest BCUT2D eigenvalue weighted by atomic mass is 32.2. The summed E-state index contributed by atoms with van der Waals surface area (Å²) in [6.45, 7) is 0. The fourth-order valence-corrected chi connectivity index (χ4v) is 6.95. The van der Waals surface area contributed by atoms with Crippen LogP contribution < -0.4 is 39.0 Å². The number of nitrogens with one attached hydrogen (secondary N) is 4. The molecule has 0 bridgehead atoms. The number of ether oxygens (including phenoxy) is 4. The van der Waals surface area contributed by atoms with Crippen LogP contribution in [0, 0.1) is 0 Å². The van der Waals surface area contributed by atoms with Crippen molar-refractivity contribution in [2.45, 2.75) is 10.1 Å². The van der Waals surface area contributed by atoms with E-state index in [4.69, 9.17) is 18.9 Å². The van der Waals surface area contributed by atoms with Crippen LogP contribution >= 0.6 is 0 Å². The number of anilines is 2. The van der Waals surface area contributed by atoms with E-state index in [2.05, 4.69) is 71.6 Å². The van der Waals surface area contributed by atoms with Gasteiger partial charge in [-0.3, -0.25) is 20.0 Å². The van der Waals surface area contributed by atoms with E-state index in [-0.39, 0.29) is 68.2 Å². The first-order valence-corrected chi connectivity index (χ1v) is 18.6. The van der Waals surface area contributed by atoms with E-state index in [0.717, 1.165) is 19.0 Å². The van der Waals surface area contributed by atoms with Gasteiger partial charge in [0.1, 0.15) is 0 Å². The fraction of sp³-hybridized carbons (Fsp3) is 0.308. The number of nitrogens with zero attached hydrogens (tertiary/aromatic N) is 16. The van der Waals surface area contributed by atoms with Crippen LogP contribution in [-0.2, 0) is 48.2 Å². The molecule has 0 aromatic carbocycles. The fourth-order valence-electron chi connectivity index (χ4n) is 4.51. The average molecular weight is 849 g/mol. The highest BCUT2D eigenvalue weighted by molar-refractivity contribution is 7.90. The standard InChI is InChI=1S/2C13H16N10O5S/c2*1-22-11(7(6-14-22)10-18-21-23(2)19-10)29(25,26)20-13(24)17-12-15-8(27-3)5-9(16-12)28-4/h2*5-6H,1-4H3,(H2,15,16,17,20,24). The summed E-state index contributed by atoms with van der Waals surface area (Å²) in [6.07, 6.45) is 2.50. The van der Waals surface area contributed by atoms with Gasteiger partial charge in [0.15, 0.2) is 10.1 Å². The molecule has 6 rings (SSSR count). The Kier molecular flexibility index (Phi) is 12.2. The molecule has 0 aliphatic heterocycles. The Hall–Kier alpha value is -7.64. The van der Waals surface area contributed by atoms with Crippen molar-refractivity contribution in [3.05, 3.63) is 24.5 Å². The summed E-state index contributed by atoms with van der Waals surface area (Å²) in [5.74, 6) is 0.0413. The van der Waals surface area contributed by atoms with Crippen LogP contribution in [0.5, 0.6) is 23.5 Å². The van der Waals surface area contributed by atoms with Gasteiger partial charge in [-0.05, 0) is 10.4 Å². The van der Waals surface area contributed by atoms with Gasteiger partial charge in [-0.1, -0.05) is 0 Å². The molecule has 6 heterocycles. The van der Waals surface area contributed by atoms with Gasteiger partial charge in [0.05, 0.1) is 78.2 Å². The molecule has 4 N–H and O–H groups in total. The van der Waals surface area contributed by atoms with Gasteiger partial charge in [-0.15, -0.1) is 20.4 Å². The summed E-state index contributed by atoms with van der Waals surface area (Å²) in [7, 11) is 2.55. The topological polar surface area (TPSA) is 362 Å². The van der Waals surface area contributed by atoms with Gasteiger partial charge >= 0.3 is 12.1 Å². The minimum atomic E-state index is -4.36. The lowest BCUT2D eigenvalue weighted by molar-refractivity contribution is 0.255. The highest BCUT2D eigenvalue weighted by Gasteiger charge is 2.30. The molecule has 0 saturated carbocycles. The Morgan fingerprint density at radius 2 is 0.897 bits per heavy atom. The molecule has 32 heteroatoms. The van der Waals surface area contributed by atoms with E-state index in [1.54, 1.807) is 0 Å². The van der Waals surface area contributed by atoms with E-state index in [0.29, 0.717) is 0 Å². The molecule has 308 valence electrons. The first kappa shape index (κ1) is 41.5. The summed E-state index contributed by atoms with van der Waals surface area (Å²) in [4.78, 5) is 42.4. The van der Waals surface area contributed by atoms with Gasteiger partial charge in [-0.2, -0.15) is 56.6 Å². The smallest absolute Gasteiger partial charge is 0.335 e. The zero-order chi connectivity index (χ0) is 42.4. The zero-order valence-electron chi connectivity index (χ0n) is 31.4. The predicted molar refractivity (Wildman–Crippen MR) is 191 cm³/mol. The van der Waals surface area contributed by atoms with E-state index < -0.39 is 32.1 Å². The van der Waals surface area contributed by atoms with Crippen molar-refractivity contribution in [3.8, 4) is 46.3 Å². The average Bonchev–Trinajstić information content (AvgIpc) is 3.98. The Morgan fingerprint density at radius 1 is 0.569 bits per heavy atom. The lowest BCUT2D eigenvalue weighted by atomic mass is 10.3. The van der Waals surface area contributed by atoms with Gasteiger partial charge in [0, 0.05) is 14.1 Å². The van der Waals surface area contributed by atoms with Crippen molar-refractivity contribution in [1.82, 2.24) is 89.4 Å². The third-order valence-corrected chi connectivity index (χ3v) is 9.77. The van der Waals surface area contributed by atoms with E-state index in [1.807, 2.05) is 9.44 Å². The molecule has 0 aliphatic carbocycles. The van der Waals surface area contributed by atoms with Crippen LogP contribution in [-0.4, -0.2) is 137 Å². The van der Waals surface area contributed by atoms with Gasteiger partial charge in [-0.25, -0.2) is 19.0 Å². The molecule has 0 fully saturated rings. The SMILES string of the molecule is COc1cc(OC)nc(NC(=O)NS(=O)(=O)c2c(-c3nnn(C)n3)cnn2C)n1.COc1cc(OC)nc(NC(=O)NS(=O)(=O)c2c(-c3nnn(C)n3)cnn2C)n1. The second-order valence-electron chi connectivity index (χ2n) is 10.9. The van der Waals surface area contributed by atoms with Gasteiger partial charge < -0.3 is 18.9 Å². The third kappa shape index (κ3) is 9.59. The quantitative estimate of drug-likeness (QED) is 0.102. The van der Waals surface area contributed by atoms with Crippen molar-refractivity contribution in [1.29, 1.82) is 0 Å². The van der Waals surface area contributed by atoms with Crippen molar-refractivity contribution >= 4 is 44.0 Å². The third-order valence-electron chi connectivity index (χ3n) is 6.88. The van der Waals surface area contributed by atoms with E-state index >= 15 is 0 Å². The molecule has 0 aliphatic rings. The summed E-state index contributed by atoms with van der Waals surface area (Å²) in [5.41, 5.74) is 0.139. The molecule has 58 heavy (non-hydrogen) atoms. The minimum Gasteiger partial charge on any atom is -0.481 e. The number of sulfonamides is 2. The Balaban J connectivity index is 0.000000221. The van der Waals surface area contributed by atoms with E-state index in [1.165, 1.54) is 81.2 Å². The molecule has 0 saturated heterocycles. The number of hydrogen-bond acceptors (Lipinski definition) is 22. The van der Waals surface area contributed by atoms with Crippen molar-refractivity contribution in [2.75, 3.05) is 39.1 Å². The number of amides is 4. The predicted octanol–water partition coefficient (Wildman–Crippen LogP) is -2.14. The molecule has 0 spiro atoms. The number of aryl methyl sites for hydroxylation is 4. The van der Waals surface area contributed by atoms with Crippen molar-refractivity contribution in [2.24, 2.45) is 28.2 Å². The molecule has 0 unspecified atom stereocenters. The van der Waals surface area contributed by atoms with E-state index in [9.17, 15) is 26.4 Å². The number of carbonyl (C=O) groups excluding carboxylic acids is 2. The summed E-state index contributed by atoms with van der Waals surface area (Å²) in [5, 5.41) is 34.3. The lowest BCUT2D eigenvalue weighted by Gasteiger charge is -2.10. The van der Waals surface area contributed by atoms with Crippen LogP contribution in [0.3, 0.4) is 0 Å². The van der Waals surface area contributed by atoms with Crippen LogP contribution in [0.2, 0.25) is 0 Å². The zero-order valence-corrected chi connectivity index (χ0v) is 33.0. The number of aromatic nitrogens is 16. The van der Waals surface area contributed by atoms with Crippen LogP contribution in [0.1, 0.15) is 0 Å². The Bertz CT molecular complexity index is 2450. The maximum absolute atomic E-state index is 12.8. The molecule has 0 atom stereocenters. The summed E-state index contributed by atoms with van der Waals surface area (Å²) < 4.78 is 76.7. The van der Waals surface area contributed by atoms with Crippen LogP contribution in [0.4, 0.5) is 21.5 Å². The number of tetrazole rings is 2. The monoisotopic (exact) mass is 848 g/mol. The van der Waals surface area contributed by atoms with Crippen molar-refractivity contribution in [3.63, 3.8) is 0 Å². The minimum absolute atomic E-state index is 0.0299. The molecule has 30 nitrogen and oxygen atoms in total. The molecular formula is C26H32N20O10S2. The first-order chi connectivity index (χ1) is 27.5. The molecule has 4 amide bonds. The number of rotatable bonds is 12. The number of urea groups is 2. The largest absolute Gasteiger partial charge is 0.481 e. The first-order valence-electron chi connectivity index (χ1n) is 15.6.